The van der Waals surface area contributed by atoms with E-state index in [2.05, 4.69) is 5.32 Å². The largest absolute Gasteiger partial charge is 0.379 e. The van der Waals surface area contributed by atoms with Crippen molar-refractivity contribution in [2.45, 2.75) is 6.42 Å². The van der Waals surface area contributed by atoms with Gasteiger partial charge in [0.15, 0.2) is 9.84 Å². The second-order valence-electron chi connectivity index (χ2n) is 4.69. The van der Waals surface area contributed by atoms with Gasteiger partial charge in [0.25, 0.3) is 5.69 Å². The smallest absolute Gasteiger partial charge is 0.294 e. The predicted octanol–water partition coefficient (Wildman–Crippen LogP) is 2.23. The molecule has 20 heavy (non-hydrogen) atoms. The van der Waals surface area contributed by atoms with E-state index in [0.717, 1.165) is 12.1 Å². The van der Waals surface area contributed by atoms with Crippen LogP contribution >= 0.6 is 11.6 Å². The average Bonchev–Trinajstić information content (AvgIpc) is 2.69. The first-order valence-electron chi connectivity index (χ1n) is 5.86. The van der Waals surface area contributed by atoms with Gasteiger partial charge >= 0.3 is 0 Å². The molecule has 0 aliphatic carbocycles. The SMILES string of the molecule is O=[N+]([O-])c1cc(Cl)c(F)cc1NCC1CCS(=O)(=O)C1. The molecule has 0 radical (unpaired) electrons. The van der Waals surface area contributed by atoms with Crippen LogP contribution in [0.5, 0.6) is 0 Å². The molecule has 110 valence electrons. The van der Waals surface area contributed by atoms with Gasteiger partial charge in [0.2, 0.25) is 0 Å². The lowest BCUT2D eigenvalue weighted by molar-refractivity contribution is -0.384. The number of nitrogens with zero attached hydrogens (tertiary/aromatic N) is 1. The highest BCUT2D eigenvalue weighted by atomic mass is 35.5. The lowest BCUT2D eigenvalue weighted by atomic mass is 10.1. The summed E-state index contributed by atoms with van der Waals surface area (Å²) in [5.74, 6) is -0.725. The Hall–Kier alpha value is -1.41. The number of halogens is 2. The van der Waals surface area contributed by atoms with Gasteiger partial charge in [0, 0.05) is 18.7 Å². The van der Waals surface area contributed by atoms with Crippen LogP contribution in [0, 0.1) is 21.8 Å². The topological polar surface area (TPSA) is 89.3 Å². The highest BCUT2D eigenvalue weighted by molar-refractivity contribution is 7.91. The van der Waals surface area contributed by atoms with Gasteiger partial charge in [-0.15, -0.1) is 0 Å². The van der Waals surface area contributed by atoms with Gasteiger partial charge in [-0.05, 0) is 12.3 Å². The Bertz CT molecular complexity index is 650. The molecule has 0 aromatic heterocycles. The number of nitro groups is 1. The van der Waals surface area contributed by atoms with Crippen LogP contribution in [0.4, 0.5) is 15.8 Å². The Morgan fingerprint density at radius 2 is 2.20 bits per heavy atom. The maximum absolute atomic E-state index is 13.4. The van der Waals surface area contributed by atoms with E-state index in [9.17, 15) is 22.9 Å². The first-order valence-corrected chi connectivity index (χ1v) is 8.06. The number of nitrogens with one attached hydrogen (secondary N) is 1. The fraction of sp³-hybridized carbons (Fsp3) is 0.455. The van der Waals surface area contributed by atoms with Gasteiger partial charge in [-0.25, -0.2) is 12.8 Å². The van der Waals surface area contributed by atoms with Crippen LogP contribution in [0.2, 0.25) is 5.02 Å². The van der Waals surface area contributed by atoms with E-state index in [1.807, 2.05) is 0 Å². The molecule has 2 rings (SSSR count). The van der Waals surface area contributed by atoms with Gasteiger partial charge in [-0.1, -0.05) is 11.6 Å². The van der Waals surface area contributed by atoms with Crippen molar-refractivity contribution in [3.8, 4) is 0 Å². The third-order valence-corrected chi connectivity index (χ3v) is 5.27. The Morgan fingerprint density at radius 3 is 2.75 bits per heavy atom. The summed E-state index contributed by atoms with van der Waals surface area (Å²) in [5.41, 5.74) is -0.335. The lowest BCUT2D eigenvalue weighted by Gasteiger charge is -2.11. The van der Waals surface area contributed by atoms with Crippen LogP contribution in [-0.4, -0.2) is 31.4 Å². The molecule has 1 heterocycles. The van der Waals surface area contributed by atoms with Gasteiger partial charge < -0.3 is 5.32 Å². The van der Waals surface area contributed by atoms with E-state index in [0.29, 0.717) is 6.42 Å². The van der Waals surface area contributed by atoms with Crippen molar-refractivity contribution >= 4 is 32.8 Å². The summed E-state index contributed by atoms with van der Waals surface area (Å²) in [4.78, 5) is 10.2. The van der Waals surface area contributed by atoms with Crippen LogP contribution in [-0.2, 0) is 9.84 Å². The van der Waals surface area contributed by atoms with Crippen molar-refractivity contribution in [3.05, 3.63) is 33.1 Å². The van der Waals surface area contributed by atoms with E-state index in [4.69, 9.17) is 11.6 Å². The molecule has 1 aliphatic heterocycles. The zero-order valence-corrected chi connectivity index (χ0v) is 11.9. The first-order chi connectivity index (χ1) is 9.28. The van der Waals surface area contributed by atoms with Crippen molar-refractivity contribution in [1.29, 1.82) is 0 Å². The summed E-state index contributed by atoms with van der Waals surface area (Å²) in [6.45, 7) is 0.237. The summed E-state index contributed by atoms with van der Waals surface area (Å²) < 4.78 is 36.0. The minimum atomic E-state index is -3.01. The summed E-state index contributed by atoms with van der Waals surface area (Å²) in [7, 11) is -3.01. The third kappa shape index (κ3) is 3.37. The molecule has 1 saturated heterocycles. The van der Waals surface area contributed by atoms with Crippen molar-refractivity contribution in [3.63, 3.8) is 0 Å². The molecule has 1 atom stereocenters. The van der Waals surface area contributed by atoms with Crippen molar-refractivity contribution < 1.29 is 17.7 Å². The fourth-order valence-corrected chi connectivity index (χ4v) is 4.14. The second-order valence-corrected chi connectivity index (χ2v) is 7.33. The number of hydrogen-bond donors (Lipinski definition) is 1. The Kier molecular flexibility index (Phi) is 4.14. The van der Waals surface area contributed by atoms with E-state index in [1.54, 1.807) is 0 Å². The third-order valence-electron chi connectivity index (χ3n) is 3.14. The zero-order valence-electron chi connectivity index (χ0n) is 10.3. The molecule has 6 nitrogen and oxygen atoms in total. The summed E-state index contributed by atoms with van der Waals surface area (Å²) in [6.07, 6.45) is 0.499. The number of anilines is 1. The zero-order chi connectivity index (χ0) is 14.9. The molecule has 1 aromatic carbocycles. The summed E-state index contributed by atoms with van der Waals surface area (Å²) >= 11 is 5.51. The second kappa shape index (κ2) is 5.53. The average molecular weight is 323 g/mol. The predicted molar refractivity (Wildman–Crippen MR) is 73.3 cm³/mol. The molecule has 1 aliphatic rings. The van der Waals surface area contributed by atoms with Crippen LogP contribution in [0.3, 0.4) is 0 Å². The molecule has 1 fully saturated rings. The molecular weight excluding hydrogens is 311 g/mol. The van der Waals surface area contributed by atoms with Gasteiger partial charge in [-0.2, -0.15) is 0 Å². The van der Waals surface area contributed by atoms with E-state index in [-0.39, 0.29) is 40.4 Å². The van der Waals surface area contributed by atoms with Crippen LogP contribution in [0.1, 0.15) is 6.42 Å². The molecule has 1 unspecified atom stereocenters. The normalized spacial score (nSPS) is 20.8. The fourth-order valence-electron chi connectivity index (χ4n) is 2.12. The molecule has 1 N–H and O–H groups in total. The number of hydrogen-bond acceptors (Lipinski definition) is 5. The van der Waals surface area contributed by atoms with Crippen molar-refractivity contribution in [2.75, 3.05) is 23.4 Å². The van der Waals surface area contributed by atoms with Crippen LogP contribution in [0.25, 0.3) is 0 Å². The number of benzene rings is 1. The first kappa shape index (κ1) is 15.0. The van der Waals surface area contributed by atoms with Crippen molar-refractivity contribution in [1.82, 2.24) is 0 Å². The number of sulfone groups is 1. The summed E-state index contributed by atoms with van der Waals surface area (Å²) in [6, 6.07) is 1.88. The molecule has 0 amide bonds. The van der Waals surface area contributed by atoms with Crippen molar-refractivity contribution in [2.24, 2.45) is 5.92 Å². The Morgan fingerprint density at radius 1 is 1.50 bits per heavy atom. The van der Waals surface area contributed by atoms with Gasteiger partial charge in [0.05, 0.1) is 21.5 Å². The highest BCUT2D eigenvalue weighted by Gasteiger charge is 2.28. The maximum atomic E-state index is 13.4. The Balaban J connectivity index is 2.13. The van der Waals surface area contributed by atoms with E-state index < -0.39 is 20.6 Å². The van der Waals surface area contributed by atoms with E-state index in [1.165, 1.54) is 0 Å². The molecule has 9 heteroatoms. The quantitative estimate of drug-likeness (QED) is 0.678. The monoisotopic (exact) mass is 322 g/mol. The number of nitro benzene ring substituents is 1. The number of rotatable bonds is 4. The molecule has 0 spiro atoms. The standard InChI is InChI=1S/C11H12ClFN2O4S/c12-8-3-11(15(16)17)10(4-9(8)13)14-5-7-1-2-20(18,19)6-7/h3-4,7,14H,1-2,5-6H2. The maximum Gasteiger partial charge on any atom is 0.294 e. The minimum Gasteiger partial charge on any atom is -0.379 e. The highest BCUT2D eigenvalue weighted by Crippen LogP contribution is 2.31. The Labute approximate surface area is 120 Å². The minimum absolute atomic E-state index is 0.00111. The molecule has 1 aromatic rings. The lowest BCUT2D eigenvalue weighted by Crippen LogP contribution is -2.16. The van der Waals surface area contributed by atoms with Gasteiger partial charge in [0.1, 0.15) is 11.5 Å². The van der Waals surface area contributed by atoms with E-state index >= 15 is 0 Å². The van der Waals surface area contributed by atoms with Crippen LogP contribution in [0.15, 0.2) is 12.1 Å². The molecule has 0 bridgehead atoms. The molecular formula is C11H12ClFN2O4S. The van der Waals surface area contributed by atoms with Crippen LogP contribution < -0.4 is 5.32 Å². The van der Waals surface area contributed by atoms with Gasteiger partial charge in [-0.3, -0.25) is 10.1 Å². The summed E-state index contributed by atoms with van der Waals surface area (Å²) in [5, 5.41) is 13.3. The molecule has 0 saturated carbocycles.